The van der Waals surface area contributed by atoms with E-state index in [2.05, 4.69) is 18.9 Å². The summed E-state index contributed by atoms with van der Waals surface area (Å²) in [5, 5.41) is 95.4. The number of ether oxygens (including phenoxy) is 4. The zero-order valence-electron chi connectivity index (χ0n) is 22.5. The lowest BCUT2D eigenvalue weighted by Crippen LogP contribution is -2.37. The minimum atomic E-state index is -5.21. The Kier molecular flexibility index (Phi) is 14.5. The van der Waals surface area contributed by atoms with Gasteiger partial charge in [-0.1, -0.05) is 0 Å². The highest BCUT2D eigenvalue weighted by molar-refractivity contribution is 7.50. The zero-order chi connectivity index (χ0) is 33.6. The molecule has 3 aliphatic rings. The van der Waals surface area contributed by atoms with E-state index in [9.17, 15) is 38.9 Å². The van der Waals surface area contributed by atoms with Crippen molar-refractivity contribution in [2.24, 2.45) is 0 Å². The molecule has 13 N–H and O–H groups in total. The van der Waals surface area contributed by atoms with E-state index in [1.165, 1.54) is 0 Å². The lowest BCUT2D eigenvalue weighted by atomic mass is 10.2. The largest absolute Gasteiger partial charge is 0.808 e. The summed E-state index contributed by atoms with van der Waals surface area (Å²) in [6, 6.07) is 0. The summed E-state index contributed by atoms with van der Waals surface area (Å²) < 4.78 is 28.8. The van der Waals surface area contributed by atoms with E-state index in [4.69, 9.17) is 46.0 Å². The molecule has 0 aromatic rings. The standard InChI is InChI=1S/C9H15O9P.2C6H8O6.H2O/c1-9(2,19(14,15)16)18-7-5(12)6(4(11)3-10)17-8(7)13;2*7-1-2(8)5-3(9)4(10)6(11)12-5;/h4,6,10-12H,3H2,1-2H3,(H2,14,15,16);2*2,5,7-10H,1H2;1H2/p-2/t4-,6-;2*2-,5-;/m111./s1. The fourth-order valence-electron chi connectivity index (χ4n) is 2.86. The van der Waals surface area contributed by atoms with E-state index in [0.717, 1.165) is 13.8 Å². The summed E-state index contributed by atoms with van der Waals surface area (Å²) in [5.41, 5.74) is 0. The van der Waals surface area contributed by atoms with Crippen molar-refractivity contribution in [1.29, 1.82) is 0 Å². The number of hydrogen-bond acceptors (Lipinski definition) is 21. The van der Waals surface area contributed by atoms with E-state index in [1.807, 2.05) is 0 Å². The number of rotatable bonds is 9. The summed E-state index contributed by atoms with van der Waals surface area (Å²) >= 11 is 0. The normalized spacial score (nSPS) is 23.8. The molecule has 23 heteroatoms. The maximum Gasteiger partial charge on any atom is 0.378 e. The fourth-order valence-corrected chi connectivity index (χ4v) is 3.06. The first-order valence-corrected chi connectivity index (χ1v) is 13.1. The number of aliphatic hydroxyl groups excluding tert-OH is 11. The third kappa shape index (κ3) is 9.15. The van der Waals surface area contributed by atoms with Gasteiger partial charge in [0.25, 0.3) is 0 Å². The van der Waals surface area contributed by atoms with E-state index in [-0.39, 0.29) is 5.48 Å². The van der Waals surface area contributed by atoms with E-state index in [0.29, 0.717) is 0 Å². The maximum atomic E-state index is 11.4. The Morgan fingerprint density at radius 3 is 1.25 bits per heavy atom. The summed E-state index contributed by atoms with van der Waals surface area (Å²) in [6.45, 7) is -0.348. The smallest absolute Gasteiger partial charge is 0.378 e. The minimum Gasteiger partial charge on any atom is -0.808 e. The average Bonchev–Trinajstić information content (AvgIpc) is 3.48. The number of cyclic esters (lactones) is 3. The van der Waals surface area contributed by atoms with Crippen molar-refractivity contribution in [3.63, 3.8) is 0 Å². The minimum absolute atomic E-state index is 0. The molecule has 0 saturated carbocycles. The molecule has 3 heterocycles. The molecule has 0 fully saturated rings. The van der Waals surface area contributed by atoms with Gasteiger partial charge in [-0.3, -0.25) is 0 Å². The molecule has 3 rings (SSSR count). The van der Waals surface area contributed by atoms with Crippen LogP contribution in [-0.2, 0) is 37.9 Å². The van der Waals surface area contributed by atoms with Crippen LogP contribution in [0.15, 0.2) is 34.6 Å². The Morgan fingerprint density at radius 2 is 1.00 bits per heavy atom. The molecule has 0 unspecified atom stereocenters. The van der Waals surface area contributed by atoms with Crippen molar-refractivity contribution >= 4 is 25.5 Å². The summed E-state index contributed by atoms with van der Waals surface area (Å²) in [5.74, 6) is -8.56. The molecule has 3 aliphatic heterocycles. The van der Waals surface area contributed by atoms with E-state index < -0.39 is 122 Å². The Hall–Kier alpha value is -3.70. The highest BCUT2D eigenvalue weighted by atomic mass is 31.2. The summed E-state index contributed by atoms with van der Waals surface area (Å²) in [7, 11) is -5.21. The SMILES string of the molecule is CC(C)(OC1=C(O)[C@@H]([C@H](O)CO)OC1=O)P(=O)([O-])[O-].O.O=C1O[C@H]([C@H](O)CO)C(O)=C1O.O=C1O[C@H]([C@H](O)CO)C(O)=C1O. The molecule has 0 amide bonds. The lowest BCUT2D eigenvalue weighted by molar-refractivity contribution is -0.328. The Morgan fingerprint density at radius 1 is 0.705 bits per heavy atom. The Labute approximate surface area is 245 Å². The molecule has 6 atom stereocenters. The monoisotopic (exact) mass is 666 g/mol. The van der Waals surface area contributed by atoms with Gasteiger partial charge in [0.2, 0.25) is 17.3 Å². The number of aliphatic hydroxyl groups is 11. The van der Waals surface area contributed by atoms with Crippen molar-refractivity contribution in [2.45, 2.75) is 55.8 Å². The van der Waals surface area contributed by atoms with Crippen LogP contribution in [0.4, 0.5) is 0 Å². The average molecular weight is 666 g/mol. The van der Waals surface area contributed by atoms with Gasteiger partial charge in [-0.25, -0.2) is 14.4 Å². The van der Waals surface area contributed by atoms with Crippen molar-refractivity contribution in [2.75, 3.05) is 19.8 Å². The molecule has 0 aliphatic carbocycles. The van der Waals surface area contributed by atoms with Gasteiger partial charge in [-0.05, 0) is 21.4 Å². The van der Waals surface area contributed by atoms with Gasteiger partial charge in [-0.15, -0.1) is 0 Å². The predicted molar refractivity (Wildman–Crippen MR) is 130 cm³/mol. The van der Waals surface area contributed by atoms with Gasteiger partial charge in [0, 0.05) is 0 Å². The van der Waals surface area contributed by atoms with Crippen LogP contribution in [-0.4, -0.2) is 141 Å². The van der Waals surface area contributed by atoms with Gasteiger partial charge in [-0.2, -0.15) is 0 Å². The van der Waals surface area contributed by atoms with Crippen molar-refractivity contribution in [3.05, 3.63) is 34.6 Å². The Balaban J connectivity index is 0.000000649. The topological polar surface area (TPSA) is 405 Å². The van der Waals surface area contributed by atoms with Crippen LogP contribution < -0.4 is 9.79 Å². The zero-order valence-corrected chi connectivity index (χ0v) is 23.4. The highest BCUT2D eigenvalue weighted by Crippen LogP contribution is 2.45. The molecule has 22 nitrogen and oxygen atoms in total. The molecule has 0 saturated heterocycles. The van der Waals surface area contributed by atoms with Crippen LogP contribution in [0, 0.1) is 0 Å². The second-order valence-corrected chi connectivity index (χ2v) is 11.0. The number of carbonyl (C=O) groups is 3. The van der Waals surface area contributed by atoms with Crippen LogP contribution in [0.1, 0.15) is 13.8 Å². The van der Waals surface area contributed by atoms with Crippen LogP contribution >= 0.6 is 7.60 Å². The number of carbonyl (C=O) groups excluding carboxylic acids is 3. The fraction of sp³-hybridized carbons (Fsp3) is 0.571. The van der Waals surface area contributed by atoms with Crippen molar-refractivity contribution < 1.29 is 109 Å². The first-order chi connectivity index (χ1) is 19.7. The molecular formula is C21H31O22P-2. The summed E-state index contributed by atoms with van der Waals surface area (Å²) in [6.07, 6.45) is -8.72. The van der Waals surface area contributed by atoms with Gasteiger partial charge in [0.1, 0.15) is 23.7 Å². The Bertz CT molecular complexity index is 1150. The second kappa shape index (κ2) is 15.9. The summed E-state index contributed by atoms with van der Waals surface area (Å²) in [4.78, 5) is 54.3. The number of esters is 3. The predicted octanol–water partition coefficient (Wildman–Crippen LogP) is -5.94. The van der Waals surface area contributed by atoms with Crippen molar-refractivity contribution in [1.82, 2.24) is 0 Å². The van der Waals surface area contributed by atoms with Gasteiger partial charge < -0.3 is 94.9 Å². The molecule has 0 spiro atoms. The molecule has 0 bridgehead atoms. The van der Waals surface area contributed by atoms with Gasteiger partial charge in [0.15, 0.2) is 35.6 Å². The molecule has 0 aromatic heterocycles. The first-order valence-electron chi connectivity index (χ1n) is 11.5. The van der Waals surface area contributed by atoms with Gasteiger partial charge >= 0.3 is 17.9 Å². The van der Waals surface area contributed by atoms with Gasteiger partial charge in [0.05, 0.1) is 19.8 Å². The van der Waals surface area contributed by atoms with E-state index >= 15 is 0 Å². The quantitative estimate of drug-likeness (QED) is 0.0619. The van der Waals surface area contributed by atoms with E-state index in [1.54, 1.807) is 0 Å². The molecule has 44 heavy (non-hydrogen) atoms. The van der Waals surface area contributed by atoms with Crippen LogP contribution in [0.2, 0.25) is 0 Å². The van der Waals surface area contributed by atoms with Crippen LogP contribution in [0.25, 0.3) is 0 Å². The maximum absolute atomic E-state index is 11.4. The molecule has 0 aromatic carbocycles. The van der Waals surface area contributed by atoms with Crippen molar-refractivity contribution in [3.8, 4) is 0 Å². The van der Waals surface area contributed by atoms with Crippen LogP contribution in [0.5, 0.6) is 0 Å². The molecular weight excluding hydrogens is 635 g/mol. The second-order valence-electron chi connectivity index (χ2n) is 8.96. The molecule has 254 valence electrons. The lowest BCUT2D eigenvalue weighted by Gasteiger charge is -2.44. The number of hydrogen-bond donors (Lipinski definition) is 11. The third-order valence-electron chi connectivity index (χ3n) is 5.42. The highest BCUT2D eigenvalue weighted by Gasteiger charge is 2.43. The molecule has 0 radical (unpaired) electrons. The third-order valence-corrected chi connectivity index (χ3v) is 6.83. The first kappa shape index (κ1) is 40.3. The van der Waals surface area contributed by atoms with Crippen LogP contribution in [0.3, 0.4) is 0 Å².